The van der Waals surface area contributed by atoms with E-state index in [0.29, 0.717) is 12.5 Å². The van der Waals surface area contributed by atoms with E-state index in [0.717, 1.165) is 24.8 Å². The second-order valence-corrected chi connectivity index (χ2v) is 5.77. The minimum atomic E-state index is -0.195. The molecule has 2 rings (SSSR count). The van der Waals surface area contributed by atoms with Gasteiger partial charge in [-0.05, 0) is 49.9 Å². The van der Waals surface area contributed by atoms with Gasteiger partial charge in [0.05, 0.1) is 12.0 Å². The molecule has 102 valence electrons. The second-order valence-electron chi connectivity index (χ2n) is 5.77. The van der Waals surface area contributed by atoms with Crippen molar-refractivity contribution < 1.29 is 4.39 Å². The summed E-state index contributed by atoms with van der Waals surface area (Å²) in [5, 5.41) is 9.27. The smallest absolute Gasteiger partial charge is 0.123 e. The van der Waals surface area contributed by atoms with Crippen molar-refractivity contribution in [3.05, 3.63) is 35.6 Å². The number of nitriles is 1. The largest absolute Gasteiger partial charge is 0.298 e. The molecule has 0 saturated heterocycles. The lowest BCUT2D eigenvalue weighted by atomic mass is 9.79. The Morgan fingerprint density at radius 3 is 2.89 bits per heavy atom. The maximum atomic E-state index is 13.2. The van der Waals surface area contributed by atoms with Crippen LogP contribution in [0.5, 0.6) is 0 Å². The van der Waals surface area contributed by atoms with Crippen molar-refractivity contribution in [1.29, 1.82) is 5.26 Å². The summed E-state index contributed by atoms with van der Waals surface area (Å²) in [6.07, 6.45) is 3.18. The molecule has 0 heterocycles. The quantitative estimate of drug-likeness (QED) is 0.830. The zero-order valence-corrected chi connectivity index (χ0v) is 11.6. The van der Waals surface area contributed by atoms with Crippen LogP contribution in [0, 0.1) is 29.0 Å². The minimum Gasteiger partial charge on any atom is -0.298 e. The van der Waals surface area contributed by atoms with Gasteiger partial charge in [-0.2, -0.15) is 5.26 Å². The Morgan fingerprint density at radius 1 is 1.42 bits per heavy atom. The summed E-state index contributed by atoms with van der Waals surface area (Å²) < 4.78 is 13.2. The Morgan fingerprint density at radius 2 is 2.21 bits per heavy atom. The van der Waals surface area contributed by atoms with E-state index in [1.54, 1.807) is 12.1 Å². The fraction of sp³-hybridized carbons (Fsp3) is 0.562. The molecule has 1 fully saturated rings. The van der Waals surface area contributed by atoms with Gasteiger partial charge in [-0.25, -0.2) is 4.39 Å². The van der Waals surface area contributed by atoms with Crippen LogP contribution in [0.1, 0.15) is 31.7 Å². The summed E-state index contributed by atoms with van der Waals surface area (Å²) in [5.41, 5.74) is 0.970. The van der Waals surface area contributed by atoms with E-state index in [2.05, 4.69) is 17.9 Å². The molecule has 1 saturated carbocycles. The van der Waals surface area contributed by atoms with Gasteiger partial charge in [-0.3, -0.25) is 4.90 Å². The summed E-state index contributed by atoms with van der Waals surface area (Å²) >= 11 is 0. The van der Waals surface area contributed by atoms with Crippen molar-refractivity contribution in [2.45, 2.75) is 38.8 Å². The third kappa shape index (κ3) is 3.54. The highest BCUT2D eigenvalue weighted by Crippen LogP contribution is 2.31. The van der Waals surface area contributed by atoms with E-state index in [4.69, 9.17) is 0 Å². The molecule has 0 radical (unpaired) electrons. The number of hydrogen-bond donors (Lipinski definition) is 0. The first-order chi connectivity index (χ1) is 9.10. The molecule has 1 aromatic carbocycles. The van der Waals surface area contributed by atoms with E-state index < -0.39 is 0 Å². The molecule has 1 aromatic rings. The van der Waals surface area contributed by atoms with E-state index in [-0.39, 0.29) is 17.8 Å². The highest BCUT2D eigenvalue weighted by molar-refractivity contribution is 5.16. The lowest BCUT2D eigenvalue weighted by Gasteiger charge is -2.37. The lowest BCUT2D eigenvalue weighted by molar-refractivity contribution is 0.125. The second kappa shape index (κ2) is 6.16. The normalized spacial score (nSPS) is 27.2. The molecule has 2 nitrogen and oxygen atoms in total. The third-order valence-electron chi connectivity index (χ3n) is 4.13. The van der Waals surface area contributed by atoms with Crippen LogP contribution in [0.25, 0.3) is 0 Å². The molecule has 0 aliphatic heterocycles. The lowest BCUT2D eigenvalue weighted by Crippen LogP contribution is -2.41. The van der Waals surface area contributed by atoms with Crippen molar-refractivity contribution in [2.24, 2.45) is 11.8 Å². The van der Waals surface area contributed by atoms with Gasteiger partial charge >= 0.3 is 0 Å². The Balaban J connectivity index is 2.05. The Labute approximate surface area is 114 Å². The van der Waals surface area contributed by atoms with Gasteiger partial charge in [0.15, 0.2) is 0 Å². The molecule has 0 N–H and O–H groups in total. The predicted molar refractivity (Wildman–Crippen MR) is 73.8 cm³/mol. The first-order valence-corrected chi connectivity index (χ1v) is 6.94. The first-order valence-electron chi connectivity index (χ1n) is 6.94. The van der Waals surface area contributed by atoms with Crippen LogP contribution < -0.4 is 0 Å². The van der Waals surface area contributed by atoms with Crippen LogP contribution in [-0.2, 0) is 6.54 Å². The van der Waals surface area contributed by atoms with E-state index >= 15 is 0 Å². The summed E-state index contributed by atoms with van der Waals surface area (Å²) in [6, 6.07) is 9.44. The molecule has 19 heavy (non-hydrogen) atoms. The number of benzene rings is 1. The maximum Gasteiger partial charge on any atom is 0.123 e. The molecule has 0 aromatic heterocycles. The van der Waals surface area contributed by atoms with E-state index in [1.165, 1.54) is 6.07 Å². The Kier molecular flexibility index (Phi) is 4.55. The molecule has 0 spiro atoms. The maximum absolute atomic E-state index is 13.2. The molecule has 1 aliphatic carbocycles. The van der Waals surface area contributed by atoms with Gasteiger partial charge in [0, 0.05) is 12.6 Å². The van der Waals surface area contributed by atoms with Crippen LogP contribution in [0.4, 0.5) is 4.39 Å². The summed E-state index contributed by atoms with van der Waals surface area (Å²) in [7, 11) is 2.04. The zero-order chi connectivity index (χ0) is 13.8. The number of nitrogens with zero attached hydrogens (tertiary/aromatic N) is 2. The van der Waals surface area contributed by atoms with E-state index in [1.807, 2.05) is 13.1 Å². The van der Waals surface area contributed by atoms with Crippen molar-refractivity contribution in [1.82, 2.24) is 4.90 Å². The first kappa shape index (κ1) is 14.0. The van der Waals surface area contributed by atoms with Crippen LogP contribution in [0.2, 0.25) is 0 Å². The zero-order valence-electron chi connectivity index (χ0n) is 11.6. The number of halogens is 1. The Bertz CT molecular complexity index is 466. The van der Waals surface area contributed by atoms with Gasteiger partial charge in [0.2, 0.25) is 0 Å². The fourth-order valence-corrected chi connectivity index (χ4v) is 3.03. The standard InChI is InChI=1S/C16H21FN2/c1-12-6-7-14(10-18)16(8-12)19(2)11-13-4-3-5-15(17)9-13/h3-5,9,12,14,16H,6-8,11H2,1-2H3. The molecule has 3 heteroatoms. The third-order valence-corrected chi connectivity index (χ3v) is 4.13. The number of hydrogen-bond acceptors (Lipinski definition) is 2. The van der Waals surface area contributed by atoms with Crippen LogP contribution in [-0.4, -0.2) is 18.0 Å². The number of rotatable bonds is 3. The van der Waals surface area contributed by atoms with Crippen LogP contribution >= 0.6 is 0 Å². The van der Waals surface area contributed by atoms with Crippen LogP contribution in [0.15, 0.2) is 24.3 Å². The topological polar surface area (TPSA) is 27.0 Å². The van der Waals surface area contributed by atoms with Gasteiger partial charge in [0.1, 0.15) is 5.82 Å². The monoisotopic (exact) mass is 260 g/mol. The molecule has 0 amide bonds. The molecular formula is C16H21FN2. The highest BCUT2D eigenvalue weighted by Gasteiger charge is 2.31. The summed E-state index contributed by atoms with van der Waals surface area (Å²) in [5.74, 6) is 0.582. The van der Waals surface area contributed by atoms with E-state index in [9.17, 15) is 9.65 Å². The predicted octanol–water partition coefficient (Wildman–Crippen LogP) is 3.59. The molecule has 3 unspecified atom stereocenters. The fourth-order valence-electron chi connectivity index (χ4n) is 3.03. The summed E-state index contributed by atoms with van der Waals surface area (Å²) in [4.78, 5) is 2.21. The highest BCUT2D eigenvalue weighted by atomic mass is 19.1. The Hall–Kier alpha value is -1.40. The van der Waals surface area contributed by atoms with Crippen molar-refractivity contribution >= 4 is 0 Å². The SMILES string of the molecule is CC1CCC(C#N)C(N(C)Cc2cccc(F)c2)C1. The average Bonchev–Trinajstić information content (AvgIpc) is 2.38. The van der Waals surface area contributed by atoms with Crippen molar-refractivity contribution in [2.75, 3.05) is 7.05 Å². The van der Waals surface area contributed by atoms with Gasteiger partial charge in [0.25, 0.3) is 0 Å². The minimum absolute atomic E-state index is 0.106. The molecular weight excluding hydrogens is 239 g/mol. The average molecular weight is 260 g/mol. The van der Waals surface area contributed by atoms with Crippen LogP contribution in [0.3, 0.4) is 0 Å². The van der Waals surface area contributed by atoms with Gasteiger partial charge < -0.3 is 0 Å². The molecule has 1 aliphatic rings. The van der Waals surface area contributed by atoms with Gasteiger partial charge in [-0.1, -0.05) is 19.1 Å². The summed E-state index contributed by atoms with van der Waals surface area (Å²) in [6.45, 7) is 2.95. The van der Waals surface area contributed by atoms with Crippen molar-refractivity contribution in [3.63, 3.8) is 0 Å². The van der Waals surface area contributed by atoms with Gasteiger partial charge in [-0.15, -0.1) is 0 Å². The molecule has 3 atom stereocenters. The van der Waals surface area contributed by atoms with Crippen molar-refractivity contribution in [3.8, 4) is 6.07 Å². The molecule has 0 bridgehead atoms.